The molecule has 0 saturated heterocycles. The van der Waals surface area contributed by atoms with Gasteiger partial charge in [0, 0.05) is 19.6 Å². The summed E-state index contributed by atoms with van der Waals surface area (Å²) in [7, 11) is 0. The Bertz CT molecular complexity index is 305. The first-order valence-corrected chi connectivity index (χ1v) is 6.32. The maximum Gasteiger partial charge on any atom is 0.467 e. The van der Waals surface area contributed by atoms with Crippen LogP contribution in [0.2, 0.25) is 0 Å². The number of nitrogens with zero attached hydrogens (tertiary/aromatic N) is 1. The minimum atomic E-state index is -5.47. The standard InChI is InChI=1S/C12H21F6NO2/c1-9(2,20)8-10(3,4)21-7-5-6-19(11(13,14)15)12(16,17)18/h20H,5-8H2,1-4H3. The minimum absolute atomic E-state index is 0.197. The zero-order valence-corrected chi connectivity index (χ0v) is 12.4. The van der Waals surface area contributed by atoms with Crippen LogP contribution in [0.4, 0.5) is 26.3 Å². The fraction of sp³-hybridized carbons (Fsp3) is 1.00. The summed E-state index contributed by atoms with van der Waals surface area (Å²) in [5.41, 5.74) is -1.90. The molecule has 3 nitrogen and oxygen atoms in total. The Kier molecular flexibility index (Phi) is 6.53. The molecule has 0 amide bonds. The van der Waals surface area contributed by atoms with Gasteiger partial charge < -0.3 is 9.84 Å². The molecule has 0 rings (SSSR count). The van der Waals surface area contributed by atoms with E-state index in [9.17, 15) is 31.4 Å². The molecule has 0 unspecified atom stereocenters. The second-order valence-electron chi connectivity index (χ2n) is 6.04. The van der Waals surface area contributed by atoms with E-state index >= 15 is 0 Å². The first kappa shape index (κ1) is 20.5. The minimum Gasteiger partial charge on any atom is -0.390 e. The van der Waals surface area contributed by atoms with Gasteiger partial charge in [0.05, 0.1) is 11.2 Å². The third-order valence-electron chi connectivity index (χ3n) is 2.49. The molecule has 0 fully saturated rings. The summed E-state index contributed by atoms with van der Waals surface area (Å²) < 4.78 is 78.7. The van der Waals surface area contributed by atoms with Crippen LogP contribution in [-0.4, -0.2) is 47.0 Å². The van der Waals surface area contributed by atoms with E-state index in [0.29, 0.717) is 0 Å². The molecule has 0 aromatic carbocycles. The largest absolute Gasteiger partial charge is 0.467 e. The van der Waals surface area contributed by atoms with Crippen LogP contribution in [-0.2, 0) is 4.74 Å². The average molecular weight is 325 g/mol. The maximum absolute atomic E-state index is 12.2. The van der Waals surface area contributed by atoms with Crippen molar-refractivity contribution in [3.05, 3.63) is 0 Å². The molecule has 0 spiro atoms. The molecule has 0 heterocycles. The smallest absolute Gasteiger partial charge is 0.390 e. The van der Waals surface area contributed by atoms with Crippen LogP contribution >= 0.6 is 0 Å². The Balaban J connectivity index is 4.36. The molecule has 0 atom stereocenters. The molecule has 0 radical (unpaired) electrons. The fourth-order valence-corrected chi connectivity index (χ4v) is 2.06. The number of hydrogen-bond donors (Lipinski definition) is 1. The number of hydrogen-bond acceptors (Lipinski definition) is 3. The van der Waals surface area contributed by atoms with Crippen LogP contribution in [0.3, 0.4) is 0 Å². The van der Waals surface area contributed by atoms with Crippen molar-refractivity contribution in [3.63, 3.8) is 0 Å². The van der Waals surface area contributed by atoms with Crippen molar-refractivity contribution < 1.29 is 36.2 Å². The highest BCUT2D eigenvalue weighted by Crippen LogP contribution is 2.33. The van der Waals surface area contributed by atoms with E-state index < -0.39 is 41.7 Å². The van der Waals surface area contributed by atoms with Crippen LogP contribution in [0.1, 0.15) is 40.5 Å². The summed E-state index contributed by atoms with van der Waals surface area (Å²) in [5.74, 6) is 0. The van der Waals surface area contributed by atoms with Crippen LogP contribution < -0.4 is 0 Å². The molecule has 0 aromatic rings. The van der Waals surface area contributed by atoms with E-state index in [-0.39, 0.29) is 13.0 Å². The van der Waals surface area contributed by atoms with Gasteiger partial charge in [-0.2, -0.15) is 26.3 Å². The Morgan fingerprint density at radius 2 is 1.33 bits per heavy atom. The quantitative estimate of drug-likeness (QED) is 0.440. The first-order valence-electron chi connectivity index (χ1n) is 6.32. The Labute approximate surface area is 119 Å². The van der Waals surface area contributed by atoms with Gasteiger partial charge in [0.25, 0.3) is 0 Å². The average Bonchev–Trinajstić information content (AvgIpc) is 2.07. The summed E-state index contributed by atoms with van der Waals surface area (Å²) in [5, 5.41) is 9.63. The van der Waals surface area contributed by atoms with Gasteiger partial charge in [0.2, 0.25) is 0 Å². The van der Waals surface area contributed by atoms with Crippen molar-refractivity contribution in [2.24, 2.45) is 0 Å². The molecule has 128 valence electrons. The zero-order valence-electron chi connectivity index (χ0n) is 12.4. The molecule has 0 aromatic heterocycles. The Hall–Kier alpha value is -0.540. The number of aliphatic hydroxyl groups is 1. The monoisotopic (exact) mass is 325 g/mol. The van der Waals surface area contributed by atoms with Crippen LogP contribution in [0.5, 0.6) is 0 Å². The van der Waals surface area contributed by atoms with Crippen molar-refractivity contribution in [1.29, 1.82) is 0 Å². The van der Waals surface area contributed by atoms with E-state index in [1.54, 1.807) is 13.8 Å². The number of rotatable bonds is 7. The first-order chi connectivity index (χ1) is 9.05. The van der Waals surface area contributed by atoms with Gasteiger partial charge >= 0.3 is 12.6 Å². The van der Waals surface area contributed by atoms with Gasteiger partial charge in [-0.3, -0.25) is 0 Å². The predicted octanol–water partition coefficient (Wildman–Crippen LogP) is 3.67. The second-order valence-corrected chi connectivity index (χ2v) is 6.04. The van der Waals surface area contributed by atoms with Crippen LogP contribution in [0, 0.1) is 0 Å². The lowest BCUT2D eigenvalue weighted by Crippen LogP contribution is -2.48. The third kappa shape index (κ3) is 9.15. The van der Waals surface area contributed by atoms with Gasteiger partial charge in [0.1, 0.15) is 0 Å². The van der Waals surface area contributed by atoms with Gasteiger partial charge in [-0.05, 0) is 34.1 Å². The van der Waals surface area contributed by atoms with E-state index in [0.717, 1.165) is 0 Å². The molecule has 21 heavy (non-hydrogen) atoms. The van der Waals surface area contributed by atoms with E-state index in [4.69, 9.17) is 4.74 Å². The number of halogens is 6. The maximum atomic E-state index is 12.2. The molecule has 9 heteroatoms. The van der Waals surface area contributed by atoms with Crippen LogP contribution in [0.25, 0.3) is 0 Å². The van der Waals surface area contributed by atoms with Crippen molar-refractivity contribution in [2.75, 3.05) is 13.2 Å². The molecule has 0 aliphatic carbocycles. The lowest BCUT2D eigenvalue weighted by atomic mass is 9.92. The zero-order chi connectivity index (χ0) is 17.1. The SMILES string of the molecule is CC(C)(O)CC(C)(C)OCCCN(C(F)(F)F)C(F)(F)F. The van der Waals surface area contributed by atoms with E-state index in [2.05, 4.69) is 0 Å². The second kappa shape index (κ2) is 6.70. The highest BCUT2D eigenvalue weighted by molar-refractivity contribution is 4.79. The lowest BCUT2D eigenvalue weighted by molar-refractivity contribution is -0.373. The molecular weight excluding hydrogens is 304 g/mol. The van der Waals surface area contributed by atoms with E-state index in [1.165, 1.54) is 13.8 Å². The van der Waals surface area contributed by atoms with Gasteiger partial charge in [-0.1, -0.05) is 0 Å². The predicted molar refractivity (Wildman–Crippen MR) is 64.4 cm³/mol. The lowest BCUT2D eigenvalue weighted by Gasteiger charge is -2.32. The summed E-state index contributed by atoms with van der Waals surface area (Å²) in [4.78, 5) is -1.48. The normalized spacial score (nSPS) is 14.9. The Morgan fingerprint density at radius 1 is 0.905 bits per heavy atom. The van der Waals surface area contributed by atoms with Crippen molar-refractivity contribution in [2.45, 2.75) is 64.3 Å². The third-order valence-corrected chi connectivity index (χ3v) is 2.49. The number of ether oxygens (including phenoxy) is 1. The molecule has 0 aliphatic heterocycles. The van der Waals surface area contributed by atoms with Crippen molar-refractivity contribution >= 4 is 0 Å². The molecule has 0 aliphatic rings. The molecule has 1 N–H and O–H groups in total. The van der Waals surface area contributed by atoms with Crippen molar-refractivity contribution in [1.82, 2.24) is 4.90 Å². The van der Waals surface area contributed by atoms with Crippen molar-refractivity contribution in [3.8, 4) is 0 Å². The van der Waals surface area contributed by atoms with Gasteiger partial charge in [-0.15, -0.1) is 4.90 Å². The van der Waals surface area contributed by atoms with Gasteiger partial charge in [-0.25, -0.2) is 0 Å². The summed E-state index contributed by atoms with van der Waals surface area (Å²) in [6.45, 7) is 4.78. The highest BCUT2D eigenvalue weighted by Gasteiger charge is 2.53. The number of alkyl halides is 6. The van der Waals surface area contributed by atoms with E-state index in [1.807, 2.05) is 0 Å². The summed E-state index contributed by atoms with van der Waals surface area (Å²) in [6, 6.07) is 0. The molecule has 0 bridgehead atoms. The fourth-order valence-electron chi connectivity index (χ4n) is 2.06. The molecular formula is C12H21F6NO2. The summed E-state index contributed by atoms with van der Waals surface area (Å²) in [6.07, 6.45) is -11.2. The summed E-state index contributed by atoms with van der Waals surface area (Å²) >= 11 is 0. The van der Waals surface area contributed by atoms with Gasteiger partial charge in [0.15, 0.2) is 0 Å². The van der Waals surface area contributed by atoms with Crippen LogP contribution in [0.15, 0.2) is 0 Å². The topological polar surface area (TPSA) is 32.7 Å². The Morgan fingerprint density at radius 3 is 1.67 bits per heavy atom. The highest BCUT2D eigenvalue weighted by atomic mass is 19.4. The molecule has 0 saturated carbocycles.